The van der Waals surface area contributed by atoms with E-state index in [0.29, 0.717) is 24.3 Å². The average Bonchev–Trinajstić information content (AvgIpc) is 3.29. The molecule has 0 bridgehead atoms. The quantitative estimate of drug-likeness (QED) is 0.402. The molecule has 2 heterocycles. The van der Waals surface area contributed by atoms with E-state index in [0.717, 1.165) is 25.1 Å². The first-order valence-corrected chi connectivity index (χ1v) is 11.9. The maximum absolute atomic E-state index is 13.2. The van der Waals surface area contributed by atoms with Gasteiger partial charge < -0.3 is 4.98 Å². The summed E-state index contributed by atoms with van der Waals surface area (Å²) in [5, 5.41) is 0. The van der Waals surface area contributed by atoms with Crippen molar-refractivity contribution in [3.05, 3.63) is 98.5 Å². The van der Waals surface area contributed by atoms with Crippen LogP contribution in [0.1, 0.15) is 62.4 Å². The van der Waals surface area contributed by atoms with E-state index < -0.39 is 0 Å². The number of aromatic amines is 1. The molecule has 6 nitrogen and oxygen atoms in total. The van der Waals surface area contributed by atoms with Gasteiger partial charge in [0.05, 0.1) is 0 Å². The Hall–Kier alpha value is -3.41. The lowest BCUT2D eigenvalue weighted by Crippen LogP contribution is -2.40. The molecule has 0 amide bonds. The minimum atomic E-state index is -0.284. The smallest absolute Gasteiger partial charge is 0.332 e. The molecule has 172 valence electrons. The third-order valence-corrected chi connectivity index (χ3v) is 6.35. The number of benzene rings is 2. The Morgan fingerprint density at radius 1 is 0.879 bits per heavy atom. The lowest BCUT2D eigenvalue weighted by Gasteiger charge is -2.23. The highest BCUT2D eigenvalue weighted by Gasteiger charge is 2.26. The van der Waals surface area contributed by atoms with Gasteiger partial charge in [-0.15, -0.1) is 0 Å². The van der Waals surface area contributed by atoms with Gasteiger partial charge in [-0.2, -0.15) is 0 Å². The summed E-state index contributed by atoms with van der Waals surface area (Å²) >= 11 is 0. The number of nitrogens with zero attached hydrogens (tertiary/aromatic N) is 3. The first-order valence-electron chi connectivity index (χ1n) is 11.9. The van der Waals surface area contributed by atoms with Gasteiger partial charge in [0.2, 0.25) is 0 Å². The molecule has 0 aliphatic carbocycles. The monoisotopic (exact) mass is 444 g/mol. The summed E-state index contributed by atoms with van der Waals surface area (Å²) < 4.78 is 2.99. The highest BCUT2D eigenvalue weighted by molar-refractivity contribution is 5.70. The van der Waals surface area contributed by atoms with Crippen LogP contribution in [-0.4, -0.2) is 19.1 Å². The molecule has 33 heavy (non-hydrogen) atoms. The molecule has 0 spiro atoms. The normalized spacial score (nSPS) is 13.3. The van der Waals surface area contributed by atoms with Gasteiger partial charge in [-0.3, -0.25) is 13.9 Å². The fraction of sp³-hybridized carbons (Fsp3) is 0.370. The van der Waals surface area contributed by atoms with E-state index in [4.69, 9.17) is 4.98 Å². The molecule has 2 aromatic heterocycles. The molecular formula is C27H32N4O2. The third-order valence-electron chi connectivity index (χ3n) is 6.35. The van der Waals surface area contributed by atoms with Crippen molar-refractivity contribution in [1.29, 1.82) is 0 Å². The predicted octanol–water partition coefficient (Wildman–Crippen LogP) is 4.84. The lowest BCUT2D eigenvalue weighted by molar-refractivity contribution is 0.545. The maximum Gasteiger partial charge on any atom is 0.332 e. The Labute approximate surface area is 193 Å². The SMILES string of the molecule is CCCn1c(=O)c2[nH]c(C(Cc3ccccc3)C(C)c3ccccc3)nc2n(CCC)c1=O. The van der Waals surface area contributed by atoms with Crippen molar-refractivity contribution < 1.29 is 0 Å². The predicted molar refractivity (Wildman–Crippen MR) is 133 cm³/mol. The Morgan fingerprint density at radius 2 is 1.48 bits per heavy atom. The molecule has 0 saturated heterocycles. The van der Waals surface area contributed by atoms with Crippen LogP contribution < -0.4 is 11.2 Å². The second-order valence-electron chi connectivity index (χ2n) is 8.71. The van der Waals surface area contributed by atoms with Gasteiger partial charge in [0.15, 0.2) is 5.65 Å². The van der Waals surface area contributed by atoms with Gasteiger partial charge in [-0.25, -0.2) is 9.78 Å². The minimum absolute atomic E-state index is 0.0198. The van der Waals surface area contributed by atoms with Crippen LogP contribution in [0.3, 0.4) is 0 Å². The fourth-order valence-electron chi connectivity index (χ4n) is 4.57. The van der Waals surface area contributed by atoms with E-state index in [1.165, 1.54) is 15.7 Å². The first-order chi connectivity index (χ1) is 16.0. The standard InChI is InChI=1S/C27H32N4O2/c1-4-16-30-25-23(26(32)31(17-5-2)27(30)33)28-24(29-25)22(18-20-12-8-6-9-13-20)19(3)21-14-10-7-11-15-21/h6-15,19,22H,4-5,16-18H2,1-3H3,(H,28,29). The zero-order valence-corrected chi connectivity index (χ0v) is 19.6. The summed E-state index contributed by atoms with van der Waals surface area (Å²) in [4.78, 5) is 34.5. The van der Waals surface area contributed by atoms with E-state index in [-0.39, 0.29) is 23.1 Å². The van der Waals surface area contributed by atoms with Crippen molar-refractivity contribution in [2.45, 2.75) is 65.0 Å². The van der Waals surface area contributed by atoms with Gasteiger partial charge in [-0.05, 0) is 36.3 Å². The number of hydrogen-bond donors (Lipinski definition) is 1. The largest absolute Gasteiger partial charge is 0.336 e. The number of fused-ring (bicyclic) bond motifs is 1. The topological polar surface area (TPSA) is 72.7 Å². The van der Waals surface area contributed by atoms with E-state index in [9.17, 15) is 9.59 Å². The average molecular weight is 445 g/mol. The summed E-state index contributed by atoms with van der Waals surface area (Å²) in [7, 11) is 0. The van der Waals surface area contributed by atoms with Crippen LogP contribution in [0.15, 0.2) is 70.3 Å². The van der Waals surface area contributed by atoms with Gasteiger partial charge >= 0.3 is 5.69 Å². The second kappa shape index (κ2) is 10.0. The van der Waals surface area contributed by atoms with Gasteiger partial charge in [0.25, 0.3) is 5.56 Å². The molecule has 0 aliphatic rings. The van der Waals surface area contributed by atoms with Gasteiger partial charge in [-0.1, -0.05) is 81.4 Å². The van der Waals surface area contributed by atoms with Gasteiger partial charge in [0.1, 0.15) is 11.3 Å². The zero-order valence-electron chi connectivity index (χ0n) is 19.6. The molecular weight excluding hydrogens is 412 g/mol. The maximum atomic E-state index is 13.2. The van der Waals surface area contributed by atoms with E-state index in [2.05, 4.69) is 36.2 Å². The summed E-state index contributed by atoms with van der Waals surface area (Å²) in [6.45, 7) is 7.12. The highest BCUT2D eigenvalue weighted by atomic mass is 16.2. The van der Waals surface area contributed by atoms with Crippen LogP contribution in [0, 0.1) is 0 Å². The number of nitrogens with one attached hydrogen (secondary N) is 1. The third kappa shape index (κ3) is 4.56. The van der Waals surface area contributed by atoms with Crippen LogP contribution in [0.2, 0.25) is 0 Å². The number of imidazole rings is 1. The second-order valence-corrected chi connectivity index (χ2v) is 8.71. The van der Waals surface area contributed by atoms with E-state index in [1.807, 2.05) is 50.2 Å². The number of aromatic nitrogens is 4. The molecule has 0 aliphatic heterocycles. The van der Waals surface area contributed by atoms with Crippen molar-refractivity contribution in [3.8, 4) is 0 Å². The molecule has 2 aromatic carbocycles. The molecule has 2 unspecified atom stereocenters. The molecule has 2 atom stereocenters. The van der Waals surface area contributed by atoms with Crippen LogP contribution >= 0.6 is 0 Å². The summed E-state index contributed by atoms with van der Waals surface area (Å²) in [5.41, 5.74) is 2.75. The Morgan fingerprint density at radius 3 is 2.12 bits per heavy atom. The zero-order chi connectivity index (χ0) is 23.4. The molecule has 4 rings (SSSR count). The molecule has 4 aromatic rings. The number of aryl methyl sites for hydroxylation is 1. The Kier molecular flexibility index (Phi) is 6.92. The molecule has 0 fully saturated rings. The van der Waals surface area contributed by atoms with Crippen molar-refractivity contribution in [1.82, 2.24) is 19.1 Å². The van der Waals surface area contributed by atoms with Crippen LogP contribution in [0.4, 0.5) is 0 Å². The van der Waals surface area contributed by atoms with E-state index in [1.54, 1.807) is 4.57 Å². The van der Waals surface area contributed by atoms with Crippen molar-refractivity contribution in [3.63, 3.8) is 0 Å². The van der Waals surface area contributed by atoms with Crippen molar-refractivity contribution in [2.75, 3.05) is 0 Å². The van der Waals surface area contributed by atoms with Crippen molar-refractivity contribution in [2.24, 2.45) is 0 Å². The van der Waals surface area contributed by atoms with Crippen LogP contribution in [-0.2, 0) is 19.5 Å². The Bertz CT molecular complexity index is 1320. The Balaban J connectivity index is 1.89. The number of hydrogen-bond acceptors (Lipinski definition) is 3. The molecule has 1 N–H and O–H groups in total. The fourth-order valence-corrected chi connectivity index (χ4v) is 4.57. The molecule has 6 heteroatoms. The molecule has 0 saturated carbocycles. The summed E-state index contributed by atoms with van der Waals surface area (Å²) in [5.74, 6) is 0.934. The summed E-state index contributed by atoms with van der Waals surface area (Å²) in [6, 6.07) is 20.7. The molecule has 0 radical (unpaired) electrons. The number of rotatable bonds is 9. The van der Waals surface area contributed by atoms with Crippen molar-refractivity contribution >= 4 is 11.2 Å². The minimum Gasteiger partial charge on any atom is -0.336 e. The van der Waals surface area contributed by atoms with Crippen LogP contribution in [0.25, 0.3) is 11.2 Å². The lowest BCUT2D eigenvalue weighted by atomic mass is 9.83. The van der Waals surface area contributed by atoms with Crippen LogP contribution in [0.5, 0.6) is 0 Å². The van der Waals surface area contributed by atoms with E-state index >= 15 is 0 Å². The highest BCUT2D eigenvalue weighted by Crippen LogP contribution is 2.34. The number of H-pyrrole nitrogens is 1. The first kappa shape index (κ1) is 22.8. The summed E-state index contributed by atoms with van der Waals surface area (Å²) in [6.07, 6.45) is 2.28. The van der Waals surface area contributed by atoms with Gasteiger partial charge in [0, 0.05) is 19.0 Å².